The number of rotatable bonds is 1. The van der Waals surface area contributed by atoms with Crippen LogP contribution < -0.4 is 4.89 Å². The second kappa shape index (κ2) is 3.02. The van der Waals surface area contributed by atoms with Crippen molar-refractivity contribution < 1.29 is 14.7 Å². The lowest BCUT2D eigenvalue weighted by atomic mass is 10.1. The van der Waals surface area contributed by atoms with E-state index in [-0.39, 0.29) is 6.42 Å². The standard InChI is InChI=1S/C8H7NO4/c10-9(11)8-5-6-3-1-2-4-7(6)12-13-8/h1-4,8H,5H2. The van der Waals surface area contributed by atoms with Gasteiger partial charge in [0.05, 0.1) is 11.3 Å². The molecule has 1 heterocycles. The topological polar surface area (TPSA) is 61.6 Å². The number of hydrogen-bond acceptors (Lipinski definition) is 4. The molecule has 0 N–H and O–H groups in total. The number of para-hydroxylation sites is 1. The largest absolute Gasteiger partial charge is 0.356 e. The van der Waals surface area contributed by atoms with Gasteiger partial charge in [-0.05, 0) is 6.07 Å². The van der Waals surface area contributed by atoms with Crippen LogP contribution in [0.3, 0.4) is 0 Å². The van der Waals surface area contributed by atoms with Crippen LogP contribution in [0.5, 0.6) is 5.75 Å². The van der Waals surface area contributed by atoms with Crippen LogP contribution in [-0.4, -0.2) is 11.2 Å². The van der Waals surface area contributed by atoms with Crippen molar-refractivity contribution in [3.8, 4) is 5.75 Å². The summed E-state index contributed by atoms with van der Waals surface area (Å²) in [5.41, 5.74) is 0.801. The van der Waals surface area contributed by atoms with E-state index in [0.717, 1.165) is 5.56 Å². The predicted octanol–water partition coefficient (Wildman–Crippen LogP) is 1.16. The Morgan fingerprint density at radius 3 is 3.00 bits per heavy atom. The van der Waals surface area contributed by atoms with Gasteiger partial charge in [0.25, 0.3) is 0 Å². The van der Waals surface area contributed by atoms with E-state index in [4.69, 9.17) is 4.89 Å². The summed E-state index contributed by atoms with van der Waals surface area (Å²) in [7, 11) is 0. The molecule has 0 aromatic heterocycles. The molecule has 0 amide bonds. The maximum atomic E-state index is 10.4. The van der Waals surface area contributed by atoms with Gasteiger partial charge in [-0.3, -0.25) is 10.1 Å². The van der Waals surface area contributed by atoms with Crippen molar-refractivity contribution in [2.45, 2.75) is 12.6 Å². The first-order valence-corrected chi connectivity index (χ1v) is 3.82. The van der Waals surface area contributed by atoms with Gasteiger partial charge in [-0.25, -0.2) is 0 Å². The van der Waals surface area contributed by atoms with Gasteiger partial charge in [-0.2, -0.15) is 0 Å². The minimum absolute atomic E-state index is 0.253. The molecule has 0 saturated heterocycles. The van der Waals surface area contributed by atoms with Crippen molar-refractivity contribution in [3.05, 3.63) is 39.9 Å². The van der Waals surface area contributed by atoms with Crippen LogP contribution in [-0.2, 0) is 11.3 Å². The Morgan fingerprint density at radius 1 is 1.46 bits per heavy atom. The molecule has 5 heteroatoms. The maximum Gasteiger partial charge on any atom is 0.356 e. The number of fused-ring (bicyclic) bond motifs is 1. The molecule has 13 heavy (non-hydrogen) atoms. The highest BCUT2D eigenvalue weighted by Crippen LogP contribution is 2.25. The van der Waals surface area contributed by atoms with Gasteiger partial charge in [-0.15, -0.1) is 4.89 Å². The van der Waals surface area contributed by atoms with Crippen molar-refractivity contribution in [2.75, 3.05) is 0 Å². The highest BCUT2D eigenvalue weighted by atomic mass is 17.2. The molecule has 1 aromatic carbocycles. The zero-order chi connectivity index (χ0) is 9.26. The first-order chi connectivity index (χ1) is 6.27. The Hall–Kier alpha value is -1.62. The molecule has 1 aliphatic rings. The summed E-state index contributed by atoms with van der Waals surface area (Å²) in [6.07, 6.45) is -0.835. The molecule has 1 aromatic rings. The van der Waals surface area contributed by atoms with Crippen LogP contribution in [0.2, 0.25) is 0 Å². The summed E-state index contributed by atoms with van der Waals surface area (Å²) in [5, 5.41) is 10.4. The van der Waals surface area contributed by atoms with Gasteiger partial charge in [0.2, 0.25) is 0 Å². The van der Waals surface area contributed by atoms with E-state index in [9.17, 15) is 10.1 Å². The van der Waals surface area contributed by atoms with Gasteiger partial charge in [0, 0.05) is 5.56 Å². The van der Waals surface area contributed by atoms with Gasteiger partial charge < -0.3 is 4.89 Å². The molecule has 0 aliphatic carbocycles. The molecule has 1 atom stereocenters. The van der Waals surface area contributed by atoms with Crippen LogP contribution >= 0.6 is 0 Å². The minimum atomic E-state index is -1.09. The van der Waals surface area contributed by atoms with Gasteiger partial charge >= 0.3 is 6.23 Å². The third kappa shape index (κ3) is 1.46. The van der Waals surface area contributed by atoms with Crippen molar-refractivity contribution in [1.29, 1.82) is 0 Å². The third-order valence-corrected chi connectivity index (χ3v) is 1.85. The van der Waals surface area contributed by atoms with E-state index < -0.39 is 11.2 Å². The molecular weight excluding hydrogens is 174 g/mol. The third-order valence-electron chi connectivity index (χ3n) is 1.85. The minimum Gasteiger partial charge on any atom is -0.331 e. The average Bonchev–Trinajstić information content (AvgIpc) is 2.17. The molecule has 5 nitrogen and oxygen atoms in total. The van der Waals surface area contributed by atoms with Crippen LogP contribution in [0.25, 0.3) is 0 Å². The lowest BCUT2D eigenvalue weighted by Gasteiger charge is -2.17. The van der Waals surface area contributed by atoms with Crippen LogP contribution in [0.4, 0.5) is 0 Å². The zero-order valence-corrected chi connectivity index (χ0v) is 6.67. The lowest BCUT2D eigenvalue weighted by molar-refractivity contribution is -0.611. The average molecular weight is 181 g/mol. The number of benzene rings is 1. The van der Waals surface area contributed by atoms with Crippen molar-refractivity contribution in [2.24, 2.45) is 0 Å². The van der Waals surface area contributed by atoms with Crippen molar-refractivity contribution >= 4 is 0 Å². The Kier molecular flexibility index (Phi) is 1.86. The van der Waals surface area contributed by atoms with Crippen molar-refractivity contribution in [1.82, 2.24) is 0 Å². The summed E-state index contributed by atoms with van der Waals surface area (Å²) in [4.78, 5) is 19.2. The van der Waals surface area contributed by atoms with E-state index in [1.807, 2.05) is 6.07 Å². The molecule has 1 aliphatic heterocycles. The van der Waals surface area contributed by atoms with Crippen LogP contribution in [0, 0.1) is 10.1 Å². The Labute approximate surface area is 74.0 Å². The van der Waals surface area contributed by atoms with Gasteiger partial charge in [-0.1, -0.05) is 18.2 Å². The second-order valence-electron chi connectivity index (χ2n) is 2.73. The molecule has 0 radical (unpaired) electrons. The van der Waals surface area contributed by atoms with E-state index in [1.54, 1.807) is 18.2 Å². The van der Waals surface area contributed by atoms with Crippen LogP contribution in [0.1, 0.15) is 5.56 Å². The fourth-order valence-corrected chi connectivity index (χ4v) is 1.19. The molecular formula is C8H7NO4. The fraction of sp³-hybridized carbons (Fsp3) is 0.250. The quantitative estimate of drug-likeness (QED) is 0.370. The Morgan fingerprint density at radius 2 is 2.23 bits per heavy atom. The molecule has 0 fully saturated rings. The SMILES string of the molecule is O=[N+]([O-])C1Cc2ccccc2OO1. The normalized spacial score (nSPS) is 20.2. The summed E-state index contributed by atoms with van der Waals surface area (Å²) in [5.74, 6) is 0.556. The van der Waals surface area contributed by atoms with Crippen molar-refractivity contribution in [3.63, 3.8) is 0 Å². The van der Waals surface area contributed by atoms with Crippen LogP contribution in [0.15, 0.2) is 24.3 Å². The Bertz CT molecular complexity index is 339. The molecule has 0 bridgehead atoms. The first-order valence-electron chi connectivity index (χ1n) is 3.82. The Balaban J connectivity index is 2.24. The summed E-state index contributed by atoms with van der Waals surface area (Å²) in [6, 6.07) is 7.10. The zero-order valence-electron chi connectivity index (χ0n) is 6.67. The second-order valence-corrected chi connectivity index (χ2v) is 2.73. The monoisotopic (exact) mass is 181 g/mol. The maximum absolute atomic E-state index is 10.4. The lowest BCUT2D eigenvalue weighted by Crippen LogP contribution is -2.30. The summed E-state index contributed by atoms with van der Waals surface area (Å²) in [6.45, 7) is 0. The molecule has 2 rings (SSSR count). The summed E-state index contributed by atoms with van der Waals surface area (Å²) >= 11 is 0. The highest BCUT2D eigenvalue weighted by Gasteiger charge is 2.29. The number of nitrogens with zero attached hydrogens (tertiary/aromatic N) is 1. The highest BCUT2D eigenvalue weighted by molar-refractivity contribution is 5.33. The first kappa shape index (κ1) is 8.00. The molecule has 1 unspecified atom stereocenters. The summed E-state index contributed by atoms with van der Waals surface area (Å²) < 4.78 is 0. The van der Waals surface area contributed by atoms with Gasteiger partial charge in [0.1, 0.15) is 0 Å². The molecule has 68 valence electrons. The fourth-order valence-electron chi connectivity index (χ4n) is 1.19. The molecule has 0 spiro atoms. The van der Waals surface area contributed by atoms with Gasteiger partial charge in [0.15, 0.2) is 5.75 Å². The smallest absolute Gasteiger partial charge is 0.331 e. The predicted molar refractivity (Wildman–Crippen MR) is 42.6 cm³/mol. The number of nitro groups is 1. The van der Waals surface area contributed by atoms with E-state index in [1.165, 1.54) is 0 Å². The van der Waals surface area contributed by atoms with E-state index in [0.29, 0.717) is 5.75 Å². The molecule has 0 saturated carbocycles. The number of hydrogen-bond donors (Lipinski definition) is 0. The van der Waals surface area contributed by atoms with E-state index in [2.05, 4.69) is 4.89 Å². The van der Waals surface area contributed by atoms with E-state index >= 15 is 0 Å².